The molecule has 1 aliphatic rings. The van der Waals surface area contributed by atoms with Gasteiger partial charge in [0.1, 0.15) is 17.3 Å². The molecule has 1 fully saturated rings. The maximum Gasteiger partial charge on any atom is 0.431 e. The smallest absolute Gasteiger partial charge is 0.431 e. The molecule has 0 unspecified atom stereocenters. The summed E-state index contributed by atoms with van der Waals surface area (Å²) >= 11 is 0. The summed E-state index contributed by atoms with van der Waals surface area (Å²) in [5, 5.41) is 9.32. The Kier molecular flexibility index (Phi) is 2.89. The van der Waals surface area contributed by atoms with Crippen molar-refractivity contribution in [1.82, 2.24) is 9.38 Å². The predicted molar refractivity (Wildman–Crippen MR) is 64.7 cm³/mol. The van der Waals surface area contributed by atoms with Gasteiger partial charge in [0.15, 0.2) is 0 Å². The highest BCUT2D eigenvalue weighted by atomic mass is 19.4. The molecule has 20 heavy (non-hydrogen) atoms. The second-order valence-electron chi connectivity index (χ2n) is 4.98. The van der Waals surface area contributed by atoms with E-state index in [9.17, 15) is 18.3 Å². The Morgan fingerprint density at radius 1 is 1.35 bits per heavy atom. The van der Waals surface area contributed by atoms with Crippen molar-refractivity contribution in [2.75, 3.05) is 7.11 Å². The first-order chi connectivity index (χ1) is 9.40. The van der Waals surface area contributed by atoms with E-state index in [2.05, 4.69) is 4.98 Å². The Bertz CT molecular complexity index is 645. The lowest BCUT2D eigenvalue weighted by atomic mass is 9.82. The molecule has 0 spiro atoms. The van der Waals surface area contributed by atoms with Crippen molar-refractivity contribution in [3.05, 3.63) is 29.8 Å². The second-order valence-corrected chi connectivity index (χ2v) is 4.98. The second kappa shape index (κ2) is 4.37. The molecule has 0 radical (unpaired) electrons. The van der Waals surface area contributed by atoms with E-state index in [4.69, 9.17) is 4.74 Å². The van der Waals surface area contributed by atoms with Gasteiger partial charge in [0.2, 0.25) is 0 Å². The van der Waals surface area contributed by atoms with E-state index in [-0.39, 0.29) is 11.7 Å². The predicted octanol–water partition coefficient (Wildman–Crippen LogP) is 2.60. The molecular formula is C13H13F3N2O2. The number of fused-ring (bicyclic) bond motifs is 1. The molecule has 0 saturated heterocycles. The lowest BCUT2D eigenvalue weighted by Crippen LogP contribution is -2.28. The number of aliphatic hydroxyl groups excluding tert-OH is 1. The molecule has 2 heterocycles. The number of ether oxygens (including phenoxy) is 1. The number of alkyl halides is 3. The van der Waals surface area contributed by atoms with Crippen LogP contribution >= 0.6 is 0 Å². The number of aliphatic hydroxyl groups is 1. The van der Waals surface area contributed by atoms with E-state index < -0.39 is 18.0 Å². The normalized spacial score (nSPS) is 22.9. The summed E-state index contributed by atoms with van der Waals surface area (Å²) < 4.78 is 45.6. The van der Waals surface area contributed by atoms with E-state index in [1.165, 1.54) is 19.4 Å². The summed E-state index contributed by atoms with van der Waals surface area (Å²) in [5.41, 5.74) is -0.464. The van der Waals surface area contributed by atoms with Crippen molar-refractivity contribution < 1.29 is 23.0 Å². The summed E-state index contributed by atoms with van der Waals surface area (Å²) in [7, 11) is 1.32. The van der Waals surface area contributed by atoms with Gasteiger partial charge in [-0.25, -0.2) is 4.98 Å². The van der Waals surface area contributed by atoms with Crippen LogP contribution in [0.25, 0.3) is 5.52 Å². The van der Waals surface area contributed by atoms with Gasteiger partial charge in [-0.1, -0.05) is 0 Å². The van der Waals surface area contributed by atoms with Gasteiger partial charge in [-0.3, -0.25) is 4.40 Å². The summed E-state index contributed by atoms with van der Waals surface area (Å²) in [6.45, 7) is 0. The Morgan fingerprint density at radius 2 is 2.05 bits per heavy atom. The first kappa shape index (κ1) is 13.2. The van der Waals surface area contributed by atoms with Crippen molar-refractivity contribution in [3.63, 3.8) is 0 Å². The molecule has 1 aliphatic carbocycles. The number of hydrogen-bond acceptors (Lipinski definition) is 3. The van der Waals surface area contributed by atoms with Crippen LogP contribution in [0.5, 0.6) is 5.75 Å². The van der Waals surface area contributed by atoms with Crippen molar-refractivity contribution >= 4 is 5.52 Å². The van der Waals surface area contributed by atoms with Crippen molar-refractivity contribution in [1.29, 1.82) is 0 Å². The molecule has 1 N–H and O–H groups in total. The maximum atomic E-state index is 13.2. The Hall–Kier alpha value is -1.76. The number of pyridine rings is 1. The number of nitrogens with zero attached hydrogens (tertiary/aromatic N) is 2. The highest BCUT2D eigenvalue weighted by Gasteiger charge is 2.38. The fourth-order valence-corrected chi connectivity index (χ4v) is 2.54. The molecule has 4 nitrogen and oxygen atoms in total. The lowest BCUT2D eigenvalue weighted by molar-refractivity contribution is -0.142. The monoisotopic (exact) mass is 286 g/mol. The van der Waals surface area contributed by atoms with Crippen molar-refractivity contribution in [2.24, 2.45) is 0 Å². The SMILES string of the molecule is COc1cc(C(F)(F)F)n2c(C3CC(O)C3)ncc2c1. The van der Waals surface area contributed by atoms with Gasteiger partial charge < -0.3 is 9.84 Å². The van der Waals surface area contributed by atoms with Gasteiger partial charge in [0.25, 0.3) is 0 Å². The van der Waals surface area contributed by atoms with E-state index in [1.54, 1.807) is 0 Å². The summed E-state index contributed by atoms with van der Waals surface area (Å²) in [4.78, 5) is 4.10. The van der Waals surface area contributed by atoms with Gasteiger partial charge in [-0.15, -0.1) is 0 Å². The molecule has 2 aromatic heterocycles. The van der Waals surface area contributed by atoms with Gasteiger partial charge >= 0.3 is 6.18 Å². The fourth-order valence-electron chi connectivity index (χ4n) is 2.54. The first-order valence-electron chi connectivity index (χ1n) is 6.21. The van der Waals surface area contributed by atoms with Crippen LogP contribution in [0.4, 0.5) is 13.2 Å². The van der Waals surface area contributed by atoms with Crippen LogP contribution in [0, 0.1) is 0 Å². The van der Waals surface area contributed by atoms with Crippen LogP contribution in [0.2, 0.25) is 0 Å². The largest absolute Gasteiger partial charge is 0.497 e. The zero-order valence-electron chi connectivity index (χ0n) is 10.7. The third kappa shape index (κ3) is 2.02. The molecule has 0 aliphatic heterocycles. The van der Waals surface area contributed by atoms with E-state index in [0.29, 0.717) is 24.2 Å². The molecule has 0 amide bonds. The molecule has 108 valence electrons. The standard InChI is InChI=1S/C13H13F3N2O2/c1-20-10-4-8-6-17-12(7-2-9(19)3-7)18(8)11(5-10)13(14,15)16/h4-7,9,19H,2-3H2,1H3. The number of imidazole rings is 1. The van der Waals surface area contributed by atoms with Crippen molar-refractivity contribution in [3.8, 4) is 5.75 Å². The third-order valence-electron chi connectivity index (χ3n) is 3.63. The van der Waals surface area contributed by atoms with Crippen LogP contribution < -0.4 is 4.74 Å². The molecule has 0 aromatic carbocycles. The molecule has 7 heteroatoms. The molecule has 1 saturated carbocycles. The highest BCUT2D eigenvalue weighted by molar-refractivity contribution is 5.53. The molecule has 0 atom stereocenters. The van der Waals surface area contributed by atoms with Crippen LogP contribution in [0.15, 0.2) is 18.3 Å². The number of rotatable bonds is 2. The third-order valence-corrected chi connectivity index (χ3v) is 3.63. The molecule has 2 aromatic rings. The van der Waals surface area contributed by atoms with Gasteiger partial charge in [0.05, 0.1) is 24.9 Å². The van der Waals surface area contributed by atoms with Crippen LogP contribution in [0.1, 0.15) is 30.3 Å². The lowest BCUT2D eigenvalue weighted by Gasteiger charge is -2.30. The minimum atomic E-state index is -4.50. The van der Waals surface area contributed by atoms with Gasteiger partial charge in [-0.2, -0.15) is 13.2 Å². The van der Waals surface area contributed by atoms with Crippen molar-refractivity contribution in [2.45, 2.75) is 31.0 Å². The van der Waals surface area contributed by atoms with E-state index in [1.807, 2.05) is 0 Å². The summed E-state index contributed by atoms with van der Waals surface area (Å²) in [6, 6.07) is 2.48. The zero-order chi connectivity index (χ0) is 14.5. The average Bonchev–Trinajstić information content (AvgIpc) is 2.75. The van der Waals surface area contributed by atoms with Crippen LogP contribution in [0.3, 0.4) is 0 Å². The fraction of sp³-hybridized carbons (Fsp3) is 0.462. The van der Waals surface area contributed by atoms with Gasteiger partial charge in [0, 0.05) is 18.1 Å². The van der Waals surface area contributed by atoms with Crippen LogP contribution in [-0.2, 0) is 6.18 Å². The number of aromatic nitrogens is 2. The Labute approximate surface area is 112 Å². The van der Waals surface area contributed by atoms with E-state index >= 15 is 0 Å². The molecule has 0 bridgehead atoms. The maximum absolute atomic E-state index is 13.2. The summed E-state index contributed by atoms with van der Waals surface area (Å²) in [6.07, 6.45) is -2.65. The molecule has 3 rings (SSSR count). The summed E-state index contributed by atoms with van der Waals surface area (Å²) in [5.74, 6) is 0.354. The molecular weight excluding hydrogens is 273 g/mol. The topological polar surface area (TPSA) is 46.8 Å². The quantitative estimate of drug-likeness (QED) is 0.923. The Morgan fingerprint density at radius 3 is 2.60 bits per heavy atom. The number of methoxy groups -OCH3 is 1. The minimum Gasteiger partial charge on any atom is -0.497 e. The minimum absolute atomic E-state index is 0.137. The van der Waals surface area contributed by atoms with Gasteiger partial charge in [-0.05, 0) is 12.8 Å². The average molecular weight is 286 g/mol. The number of hydrogen-bond donors (Lipinski definition) is 1. The van der Waals surface area contributed by atoms with Crippen LogP contribution in [-0.4, -0.2) is 27.7 Å². The highest BCUT2D eigenvalue weighted by Crippen LogP contribution is 2.40. The number of halogens is 3. The van der Waals surface area contributed by atoms with E-state index in [0.717, 1.165) is 10.5 Å². The first-order valence-corrected chi connectivity index (χ1v) is 6.21. The Balaban J connectivity index is 2.19. The zero-order valence-corrected chi connectivity index (χ0v) is 10.7.